The monoisotopic (exact) mass is 366 g/mol. The minimum atomic E-state index is -0.213. The first kappa shape index (κ1) is 17.2. The van der Waals surface area contributed by atoms with E-state index in [9.17, 15) is 9.59 Å². The molecule has 1 unspecified atom stereocenters. The smallest absolute Gasteiger partial charge is 0.311 e. The van der Waals surface area contributed by atoms with Gasteiger partial charge < -0.3 is 4.90 Å². The molecule has 0 radical (unpaired) electrons. The first-order valence-corrected chi connectivity index (χ1v) is 9.65. The van der Waals surface area contributed by atoms with Crippen molar-refractivity contribution in [1.82, 2.24) is 9.80 Å². The summed E-state index contributed by atoms with van der Waals surface area (Å²) in [7, 11) is 0. The highest BCUT2D eigenvalue weighted by Gasteiger charge is 2.44. The molecule has 5 heteroatoms. The lowest BCUT2D eigenvalue weighted by atomic mass is 10.1. The summed E-state index contributed by atoms with van der Waals surface area (Å²) >= 11 is 4.42. The SMILES string of the molecule is O=C1CN(C2Cc3ccccc3C2)C(=O)N1C(CS)Cc1ccccc1. The van der Waals surface area contributed by atoms with Gasteiger partial charge in [-0.2, -0.15) is 12.6 Å². The van der Waals surface area contributed by atoms with E-state index >= 15 is 0 Å². The van der Waals surface area contributed by atoms with Gasteiger partial charge in [0.2, 0.25) is 0 Å². The second-order valence-corrected chi connectivity index (χ2v) is 7.40. The number of imide groups is 1. The number of hydrogen-bond donors (Lipinski definition) is 1. The third-order valence-corrected chi connectivity index (χ3v) is 5.81. The summed E-state index contributed by atoms with van der Waals surface area (Å²) < 4.78 is 0. The van der Waals surface area contributed by atoms with Crippen LogP contribution in [0.4, 0.5) is 4.79 Å². The van der Waals surface area contributed by atoms with Gasteiger partial charge in [-0.1, -0.05) is 54.6 Å². The van der Waals surface area contributed by atoms with Crippen molar-refractivity contribution in [2.24, 2.45) is 0 Å². The van der Waals surface area contributed by atoms with Crippen LogP contribution in [0.1, 0.15) is 16.7 Å². The third kappa shape index (κ3) is 3.12. The Morgan fingerprint density at radius 2 is 1.58 bits per heavy atom. The zero-order chi connectivity index (χ0) is 18.1. The lowest BCUT2D eigenvalue weighted by molar-refractivity contribution is -0.126. The molecule has 0 saturated carbocycles. The zero-order valence-corrected chi connectivity index (χ0v) is 15.4. The average molecular weight is 366 g/mol. The molecule has 1 atom stereocenters. The van der Waals surface area contributed by atoms with Gasteiger partial charge in [-0.15, -0.1) is 0 Å². The van der Waals surface area contributed by atoms with Crippen molar-refractivity contribution < 1.29 is 9.59 Å². The van der Waals surface area contributed by atoms with E-state index in [1.54, 1.807) is 4.90 Å². The van der Waals surface area contributed by atoms with Crippen LogP contribution in [0.5, 0.6) is 0 Å². The summed E-state index contributed by atoms with van der Waals surface area (Å²) in [6, 6.07) is 17.9. The molecule has 26 heavy (non-hydrogen) atoms. The summed E-state index contributed by atoms with van der Waals surface area (Å²) in [4.78, 5) is 28.9. The molecule has 3 amide bonds. The Morgan fingerprint density at radius 1 is 0.962 bits per heavy atom. The third-order valence-electron chi connectivity index (χ3n) is 5.39. The van der Waals surface area contributed by atoms with Crippen LogP contribution in [0.15, 0.2) is 54.6 Å². The normalized spacial score (nSPS) is 18.5. The van der Waals surface area contributed by atoms with E-state index in [1.807, 2.05) is 42.5 Å². The molecule has 1 heterocycles. The second-order valence-electron chi connectivity index (χ2n) is 7.03. The highest BCUT2D eigenvalue weighted by atomic mass is 32.1. The molecule has 1 saturated heterocycles. The number of carbonyl (C=O) groups is 2. The Morgan fingerprint density at radius 3 is 2.19 bits per heavy atom. The number of fused-ring (bicyclic) bond motifs is 1. The Kier molecular flexibility index (Phi) is 4.72. The molecule has 0 spiro atoms. The number of hydrogen-bond acceptors (Lipinski definition) is 3. The van der Waals surface area contributed by atoms with Crippen molar-refractivity contribution in [3.8, 4) is 0 Å². The molecule has 134 valence electrons. The number of carbonyl (C=O) groups excluding carboxylic acids is 2. The Bertz CT molecular complexity index is 799. The highest BCUT2D eigenvalue weighted by Crippen LogP contribution is 2.29. The standard InChI is InChI=1S/C21H22N2O2S/c24-20-13-22(18-11-16-8-4-5-9-17(16)12-18)21(25)23(20)19(14-26)10-15-6-2-1-3-7-15/h1-9,18-19,26H,10-14H2. The topological polar surface area (TPSA) is 40.6 Å². The summed E-state index contributed by atoms with van der Waals surface area (Å²) in [5.41, 5.74) is 3.68. The van der Waals surface area contributed by atoms with E-state index in [2.05, 4.69) is 24.8 Å². The number of benzene rings is 2. The van der Waals surface area contributed by atoms with Crippen molar-refractivity contribution in [2.75, 3.05) is 12.3 Å². The van der Waals surface area contributed by atoms with Crippen LogP contribution in [-0.2, 0) is 24.1 Å². The van der Waals surface area contributed by atoms with E-state index in [1.165, 1.54) is 16.0 Å². The molecule has 1 aliphatic carbocycles. The maximum absolute atomic E-state index is 13.0. The van der Waals surface area contributed by atoms with Gasteiger partial charge in [-0.3, -0.25) is 9.69 Å². The van der Waals surface area contributed by atoms with E-state index in [0.29, 0.717) is 12.2 Å². The summed E-state index contributed by atoms with van der Waals surface area (Å²) in [6.45, 7) is 0.177. The number of nitrogens with zero attached hydrogens (tertiary/aromatic N) is 2. The van der Waals surface area contributed by atoms with Crippen LogP contribution in [0.3, 0.4) is 0 Å². The second kappa shape index (κ2) is 7.16. The van der Waals surface area contributed by atoms with Crippen molar-refractivity contribution in [1.29, 1.82) is 0 Å². The fourth-order valence-electron chi connectivity index (χ4n) is 4.06. The molecule has 2 aromatic carbocycles. The van der Waals surface area contributed by atoms with E-state index in [0.717, 1.165) is 18.4 Å². The maximum Gasteiger partial charge on any atom is 0.327 e. The van der Waals surface area contributed by atoms with Crippen LogP contribution < -0.4 is 0 Å². The van der Waals surface area contributed by atoms with Crippen molar-refractivity contribution in [3.05, 3.63) is 71.3 Å². The summed E-state index contributed by atoms with van der Waals surface area (Å²) in [6.07, 6.45) is 2.29. The van der Waals surface area contributed by atoms with Gasteiger partial charge in [0.05, 0.1) is 6.04 Å². The van der Waals surface area contributed by atoms with Crippen LogP contribution >= 0.6 is 12.6 Å². The fraction of sp³-hybridized carbons (Fsp3) is 0.333. The Hall–Kier alpha value is -2.27. The molecule has 4 nitrogen and oxygen atoms in total. The van der Waals surface area contributed by atoms with Crippen LogP contribution in [0, 0.1) is 0 Å². The van der Waals surface area contributed by atoms with Gasteiger partial charge in [0.1, 0.15) is 6.54 Å². The molecule has 0 N–H and O–H groups in total. The zero-order valence-electron chi connectivity index (χ0n) is 14.5. The van der Waals surface area contributed by atoms with Gasteiger partial charge in [0.25, 0.3) is 5.91 Å². The predicted octanol–water partition coefficient (Wildman–Crippen LogP) is 2.96. The lowest BCUT2D eigenvalue weighted by Gasteiger charge is -2.27. The minimum absolute atomic E-state index is 0.0751. The fourth-order valence-corrected chi connectivity index (χ4v) is 4.35. The van der Waals surface area contributed by atoms with Crippen molar-refractivity contribution in [2.45, 2.75) is 31.3 Å². The van der Waals surface area contributed by atoms with Crippen LogP contribution in [-0.4, -0.2) is 46.1 Å². The Balaban J connectivity index is 1.50. The van der Waals surface area contributed by atoms with Gasteiger partial charge in [0.15, 0.2) is 0 Å². The molecule has 0 aromatic heterocycles. The van der Waals surface area contributed by atoms with E-state index in [4.69, 9.17) is 0 Å². The van der Waals surface area contributed by atoms with Crippen LogP contribution in [0.25, 0.3) is 0 Å². The van der Waals surface area contributed by atoms with Gasteiger partial charge in [0, 0.05) is 11.8 Å². The Labute approximate surface area is 159 Å². The van der Waals surface area contributed by atoms with Gasteiger partial charge in [-0.05, 0) is 36.0 Å². The molecule has 4 rings (SSSR count). The number of amides is 3. The first-order chi connectivity index (χ1) is 12.7. The molecule has 2 aromatic rings. The van der Waals surface area contributed by atoms with Gasteiger partial charge >= 0.3 is 6.03 Å². The van der Waals surface area contributed by atoms with Crippen molar-refractivity contribution in [3.63, 3.8) is 0 Å². The predicted molar refractivity (Wildman–Crippen MR) is 104 cm³/mol. The molecule has 1 fully saturated rings. The first-order valence-electron chi connectivity index (χ1n) is 9.01. The lowest BCUT2D eigenvalue weighted by Crippen LogP contribution is -2.45. The van der Waals surface area contributed by atoms with E-state index in [-0.39, 0.29) is 30.6 Å². The molecule has 2 aliphatic rings. The summed E-state index contributed by atoms with van der Waals surface area (Å²) in [5.74, 6) is 0.353. The average Bonchev–Trinajstić information content (AvgIpc) is 3.21. The quantitative estimate of drug-likeness (QED) is 0.653. The number of thiol groups is 1. The minimum Gasteiger partial charge on any atom is -0.311 e. The molecule has 0 bridgehead atoms. The molecular weight excluding hydrogens is 344 g/mol. The van der Waals surface area contributed by atoms with E-state index < -0.39 is 0 Å². The number of urea groups is 1. The largest absolute Gasteiger partial charge is 0.327 e. The van der Waals surface area contributed by atoms with Crippen LogP contribution in [0.2, 0.25) is 0 Å². The summed E-state index contributed by atoms with van der Waals surface area (Å²) in [5, 5.41) is 0. The molecule has 1 aliphatic heterocycles. The van der Waals surface area contributed by atoms with Crippen molar-refractivity contribution >= 4 is 24.6 Å². The highest BCUT2D eigenvalue weighted by molar-refractivity contribution is 7.80. The van der Waals surface area contributed by atoms with Gasteiger partial charge in [-0.25, -0.2) is 4.79 Å². The molecular formula is C21H22N2O2S. The number of rotatable bonds is 5. The maximum atomic E-state index is 13.0.